The van der Waals surface area contributed by atoms with Crippen molar-refractivity contribution < 1.29 is 19.2 Å². The van der Waals surface area contributed by atoms with Crippen LogP contribution in [0.4, 0.5) is 5.69 Å². The first-order valence-electron chi connectivity index (χ1n) is 8.15. The van der Waals surface area contributed by atoms with Gasteiger partial charge in [-0.25, -0.2) is 0 Å². The Bertz CT molecular complexity index is 1020. The zero-order valence-corrected chi connectivity index (χ0v) is 18.2. The van der Waals surface area contributed by atoms with Crippen LogP contribution in [0.2, 0.25) is 5.02 Å². The molecule has 2 aromatic carbocycles. The molecule has 30 heavy (non-hydrogen) atoms. The summed E-state index contributed by atoms with van der Waals surface area (Å²) in [5.41, 5.74) is 5.01. The van der Waals surface area contributed by atoms with E-state index in [4.69, 9.17) is 28.6 Å². The Morgan fingerprint density at radius 1 is 1.23 bits per heavy atom. The topological polar surface area (TPSA) is 123 Å². The highest BCUT2D eigenvalue weighted by Crippen LogP contribution is 2.27. The van der Waals surface area contributed by atoms with Gasteiger partial charge in [0, 0.05) is 23.2 Å². The van der Waals surface area contributed by atoms with E-state index in [1.54, 1.807) is 24.3 Å². The molecule has 3 N–H and O–H groups in total. The van der Waals surface area contributed by atoms with Gasteiger partial charge in [0.25, 0.3) is 11.6 Å². The van der Waals surface area contributed by atoms with Crippen molar-refractivity contribution >= 4 is 68.4 Å². The van der Waals surface area contributed by atoms with Crippen molar-refractivity contribution in [2.24, 2.45) is 0 Å². The first-order valence-corrected chi connectivity index (χ1v) is 9.72. The molecule has 0 spiro atoms. The number of ether oxygens (including phenoxy) is 1. The van der Waals surface area contributed by atoms with Gasteiger partial charge in [0.05, 0.1) is 9.40 Å². The molecule has 0 radical (unpaired) electrons. The fraction of sp³-hybridized carbons (Fsp3) is 0.0556. The molecule has 12 heteroatoms. The standard InChI is InChI=1S/C18H14BrClN4O5S/c19-14-9-12(20)5-6-15(14)29-10-17(26)22-23-18(30)21-16(25)7-4-11-2-1-3-13(8-11)24(27)28/h1-9H,10H2,(H,22,26)(H2,21,23,25,30)/b7-4+. The highest BCUT2D eigenvalue weighted by molar-refractivity contribution is 9.10. The van der Waals surface area contributed by atoms with Crippen molar-refractivity contribution in [2.75, 3.05) is 6.61 Å². The van der Waals surface area contributed by atoms with E-state index in [1.165, 1.54) is 24.3 Å². The van der Waals surface area contributed by atoms with Crippen LogP contribution in [-0.2, 0) is 9.59 Å². The third kappa shape index (κ3) is 7.78. The van der Waals surface area contributed by atoms with E-state index in [9.17, 15) is 19.7 Å². The fourth-order valence-corrected chi connectivity index (χ4v) is 2.95. The van der Waals surface area contributed by atoms with Gasteiger partial charge in [0.15, 0.2) is 11.7 Å². The molecule has 0 fully saturated rings. The monoisotopic (exact) mass is 512 g/mol. The maximum absolute atomic E-state index is 11.9. The van der Waals surface area contributed by atoms with Gasteiger partial charge in [-0.05, 0) is 58.0 Å². The second-order valence-electron chi connectivity index (χ2n) is 5.54. The molecule has 0 atom stereocenters. The molecule has 156 valence electrons. The summed E-state index contributed by atoms with van der Waals surface area (Å²) in [5.74, 6) is -0.702. The molecule has 0 aliphatic heterocycles. The molecule has 0 unspecified atom stereocenters. The number of nitro groups is 1. The molecule has 9 nitrogen and oxygen atoms in total. The number of nitro benzene ring substituents is 1. The molecule has 0 heterocycles. The highest BCUT2D eigenvalue weighted by Gasteiger charge is 2.08. The summed E-state index contributed by atoms with van der Waals surface area (Å²) < 4.78 is 5.93. The summed E-state index contributed by atoms with van der Waals surface area (Å²) in [5, 5.41) is 13.4. The van der Waals surface area contributed by atoms with Gasteiger partial charge in [0.1, 0.15) is 5.75 Å². The predicted octanol–water partition coefficient (Wildman–Crippen LogP) is 3.12. The lowest BCUT2D eigenvalue weighted by atomic mass is 10.2. The number of nitrogens with one attached hydrogen (secondary N) is 3. The highest BCUT2D eigenvalue weighted by atomic mass is 79.9. The first-order chi connectivity index (χ1) is 14.2. The van der Waals surface area contributed by atoms with Crippen molar-refractivity contribution in [1.29, 1.82) is 0 Å². The number of thiocarbonyl (C=S) groups is 1. The molecule has 0 aromatic heterocycles. The van der Waals surface area contributed by atoms with E-state index in [1.807, 2.05) is 0 Å². The van der Waals surface area contributed by atoms with E-state index in [-0.39, 0.29) is 17.4 Å². The summed E-state index contributed by atoms with van der Waals surface area (Å²) >= 11 is 14.0. The van der Waals surface area contributed by atoms with E-state index >= 15 is 0 Å². The lowest BCUT2D eigenvalue weighted by molar-refractivity contribution is -0.384. The Balaban J connectivity index is 1.75. The maximum atomic E-state index is 11.9. The lowest BCUT2D eigenvalue weighted by Crippen LogP contribution is -2.49. The van der Waals surface area contributed by atoms with Crippen LogP contribution < -0.4 is 20.9 Å². The number of hydrazine groups is 1. The summed E-state index contributed by atoms with van der Waals surface area (Å²) in [6.07, 6.45) is 2.54. The number of halogens is 2. The quantitative estimate of drug-likeness (QED) is 0.235. The third-order valence-electron chi connectivity index (χ3n) is 3.31. The normalized spacial score (nSPS) is 10.3. The number of hydrogen-bond donors (Lipinski definition) is 3. The fourth-order valence-electron chi connectivity index (χ4n) is 2.00. The van der Waals surface area contributed by atoms with Crippen molar-refractivity contribution in [1.82, 2.24) is 16.2 Å². The van der Waals surface area contributed by atoms with Crippen LogP contribution in [0.15, 0.2) is 53.0 Å². The minimum atomic E-state index is -0.588. The zero-order valence-electron chi connectivity index (χ0n) is 15.1. The molecule has 0 saturated carbocycles. The molecule has 2 amide bonds. The predicted molar refractivity (Wildman–Crippen MR) is 119 cm³/mol. The molecule has 2 rings (SSSR count). The lowest BCUT2D eigenvalue weighted by Gasteiger charge is -2.11. The summed E-state index contributed by atoms with van der Waals surface area (Å²) in [7, 11) is 0. The molecular formula is C18H14BrClN4O5S. The number of rotatable bonds is 6. The SMILES string of the molecule is O=C(/C=C/c1cccc([N+](=O)[O-])c1)NC(=S)NNC(=O)COc1ccc(Cl)cc1Br. The Morgan fingerprint density at radius 2 is 2.00 bits per heavy atom. The van der Waals surface area contributed by atoms with Crippen molar-refractivity contribution in [3.8, 4) is 5.75 Å². The number of carbonyl (C=O) groups excluding carboxylic acids is 2. The van der Waals surface area contributed by atoms with Gasteiger partial charge >= 0.3 is 0 Å². The van der Waals surface area contributed by atoms with Crippen molar-refractivity contribution in [3.63, 3.8) is 0 Å². The molecular weight excluding hydrogens is 500 g/mol. The molecule has 2 aromatic rings. The Hall–Kier alpha value is -3.02. The second kappa shape index (κ2) is 11.2. The van der Waals surface area contributed by atoms with Crippen LogP contribution in [0, 0.1) is 10.1 Å². The number of amides is 2. The van der Waals surface area contributed by atoms with Crippen LogP contribution in [0.25, 0.3) is 6.08 Å². The number of non-ortho nitro benzene ring substituents is 1. The second-order valence-corrected chi connectivity index (χ2v) is 7.24. The Kier molecular flexibility index (Phi) is 8.71. The summed E-state index contributed by atoms with van der Waals surface area (Å²) in [6.45, 7) is -0.309. The maximum Gasteiger partial charge on any atom is 0.276 e. The van der Waals surface area contributed by atoms with Crippen molar-refractivity contribution in [3.05, 3.63) is 73.7 Å². The number of nitrogens with zero attached hydrogens (tertiary/aromatic N) is 1. The van der Waals surface area contributed by atoms with E-state index in [0.717, 1.165) is 6.08 Å². The van der Waals surface area contributed by atoms with Gasteiger partial charge in [0.2, 0.25) is 5.91 Å². The molecule has 0 saturated heterocycles. The average Bonchev–Trinajstić information content (AvgIpc) is 2.70. The van der Waals surface area contributed by atoms with Crippen LogP contribution >= 0.6 is 39.7 Å². The Labute approximate surface area is 189 Å². The summed E-state index contributed by atoms with van der Waals surface area (Å²) in [4.78, 5) is 33.9. The molecule has 0 aliphatic rings. The minimum absolute atomic E-state index is 0.0923. The van der Waals surface area contributed by atoms with Gasteiger partial charge in [-0.2, -0.15) is 0 Å². The first kappa shape index (κ1) is 23.3. The van der Waals surface area contributed by atoms with Crippen LogP contribution in [0.3, 0.4) is 0 Å². The van der Waals surface area contributed by atoms with Gasteiger partial charge in [-0.1, -0.05) is 23.7 Å². The van der Waals surface area contributed by atoms with Crippen molar-refractivity contribution in [2.45, 2.75) is 0 Å². The van der Waals surface area contributed by atoms with E-state index in [2.05, 4.69) is 32.1 Å². The number of carbonyl (C=O) groups is 2. The smallest absolute Gasteiger partial charge is 0.276 e. The largest absolute Gasteiger partial charge is 0.483 e. The van der Waals surface area contributed by atoms with Gasteiger partial charge < -0.3 is 4.74 Å². The van der Waals surface area contributed by atoms with Crippen LogP contribution in [0.1, 0.15) is 5.56 Å². The third-order valence-corrected chi connectivity index (χ3v) is 4.37. The average molecular weight is 514 g/mol. The number of benzene rings is 2. The minimum Gasteiger partial charge on any atom is -0.483 e. The van der Waals surface area contributed by atoms with E-state index < -0.39 is 16.7 Å². The van der Waals surface area contributed by atoms with Gasteiger partial charge in [-0.3, -0.25) is 35.9 Å². The zero-order chi connectivity index (χ0) is 22.1. The van der Waals surface area contributed by atoms with Crippen LogP contribution in [0.5, 0.6) is 5.75 Å². The van der Waals surface area contributed by atoms with E-state index in [0.29, 0.717) is 20.8 Å². The molecule has 0 aliphatic carbocycles. The number of hydrogen-bond acceptors (Lipinski definition) is 6. The summed E-state index contributed by atoms with van der Waals surface area (Å²) in [6, 6.07) is 10.6. The Morgan fingerprint density at radius 3 is 2.70 bits per heavy atom. The van der Waals surface area contributed by atoms with Gasteiger partial charge in [-0.15, -0.1) is 0 Å². The van der Waals surface area contributed by atoms with Crippen LogP contribution in [-0.4, -0.2) is 28.5 Å². The molecule has 0 bridgehead atoms.